The van der Waals surface area contributed by atoms with Crippen molar-refractivity contribution >= 4 is 24.5 Å². The molecule has 2 aromatic carbocycles. The summed E-state index contributed by atoms with van der Waals surface area (Å²) in [6.45, 7) is 0.510. The van der Waals surface area contributed by atoms with E-state index in [1.54, 1.807) is 7.11 Å². The number of para-hydroxylation sites is 1. The van der Waals surface area contributed by atoms with Crippen LogP contribution >= 0.6 is 19.2 Å². The molecule has 0 radical (unpaired) electrons. The van der Waals surface area contributed by atoms with Crippen LogP contribution in [0.25, 0.3) is 0 Å². The number of halogens is 1. The van der Waals surface area contributed by atoms with E-state index in [4.69, 9.17) is 20.7 Å². The number of benzene rings is 2. The quantitative estimate of drug-likeness (QED) is 0.777. The van der Waals surface area contributed by atoms with Gasteiger partial charge in [-0.3, -0.25) is 0 Å². The molecule has 1 unspecified atom stereocenters. The molecule has 94 valence electrons. The van der Waals surface area contributed by atoms with Crippen molar-refractivity contribution in [3.63, 3.8) is 0 Å². The molecule has 0 saturated heterocycles. The summed E-state index contributed by atoms with van der Waals surface area (Å²) in [7, 11) is 1.79. The van der Waals surface area contributed by atoms with Gasteiger partial charge in [-0.1, -0.05) is 47.6 Å². The Labute approximate surface area is 113 Å². The van der Waals surface area contributed by atoms with Crippen LogP contribution in [0.2, 0.25) is 0 Å². The Kier molecular flexibility index (Phi) is 4.86. The van der Waals surface area contributed by atoms with Gasteiger partial charge < -0.3 is 9.47 Å². The smallest absolute Gasteiger partial charge is 0.170 e. The van der Waals surface area contributed by atoms with E-state index < -0.39 is 0 Å². The summed E-state index contributed by atoms with van der Waals surface area (Å²) in [6.07, 6.45) is 0. The van der Waals surface area contributed by atoms with Gasteiger partial charge in [-0.15, -0.1) is 0 Å². The predicted octanol–water partition coefficient (Wildman–Crippen LogP) is 3.73. The third-order valence-corrected chi connectivity index (χ3v) is 3.73. The maximum atomic E-state index is 5.93. The van der Waals surface area contributed by atoms with Gasteiger partial charge in [0, 0.05) is 13.2 Å². The molecule has 0 aromatic heterocycles. The highest BCUT2D eigenvalue weighted by Crippen LogP contribution is 2.32. The minimum Gasteiger partial charge on any atom is -0.493 e. The average Bonchev–Trinajstić information content (AvgIpc) is 2.45. The summed E-state index contributed by atoms with van der Waals surface area (Å²) in [5.74, 6) is 1.45. The van der Waals surface area contributed by atoms with Crippen molar-refractivity contribution in [2.24, 2.45) is 0 Å². The van der Waals surface area contributed by atoms with E-state index in [9.17, 15) is 0 Å². The standard InChI is InChI=1S/C14H14ClO2P/c1-16-12-8-5-9-13(18-15)14(12)17-10-11-6-3-2-4-7-11/h2-9,18H,10H2,1H3. The summed E-state index contributed by atoms with van der Waals surface area (Å²) < 4.78 is 11.1. The van der Waals surface area contributed by atoms with E-state index in [1.807, 2.05) is 48.5 Å². The number of rotatable bonds is 5. The maximum Gasteiger partial charge on any atom is 0.170 e. The lowest BCUT2D eigenvalue weighted by atomic mass is 10.2. The summed E-state index contributed by atoms with van der Waals surface area (Å²) in [6, 6.07) is 15.8. The zero-order chi connectivity index (χ0) is 12.8. The molecule has 0 spiro atoms. The van der Waals surface area contributed by atoms with E-state index in [0.717, 1.165) is 22.4 Å². The molecule has 0 fully saturated rings. The molecular formula is C14H14ClO2P. The lowest BCUT2D eigenvalue weighted by molar-refractivity contribution is 0.287. The zero-order valence-electron chi connectivity index (χ0n) is 10.0. The average molecular weight is 281 g/mol. The topological polar surface area (TPSA) is 18.5 Å². The van der Waals surface area contributed by atoms with Crippen LogP contribution < -0.4 is 14.8 Å². The van der Waals surface area contributed by atoms with Gasteiger partial charge in [0.05, 0.1) is 7.11 Å². The first-order valence-electron chi connectivity index (χ1n) is 5.55. The molecule has 2 nitrogen and oxygen atoms in total. The Morgan fingerprint density at radius 1 is 1.06 bits per heavy atom. The number of hydrogen-bond acceptors (Lipinski definition) is 2. The molecule has 18 heavy (non-hydrogen) atoms. The second kappa shape index (κ2) is 6.63. The highest BCUT2D eigenvalue weighted by Gasteiger charge is 2.10. The molecule has 0 amide bonds. The van der Waals surface area contributed by atoms with Crippen LogP contribution in [0.1, 0.15) is 5.56 Å². The molecule has 0 heterocycles. The monoisotopic (exact) mass is 280 g/mol. The van der Waals surface area contributed by atoms with Crippen molar-refractivity contribution in [3.8, 4) is 11.5 Å². The maximum absolute atomic E-state index is 5.93. The van der Waals surface area contributed by atoms with Gasteiger partial charge in [-0.25, -0.2) is 0 Å². The van der Waals surface area contributed by atoms with Crippen LogP contribution in [0, 0.1) is 0 Å². The third kappa shape index (κ3) is 3.16. The molecule has 0 aliphatic heterocycles. The highest BCUT2D eigenvalue weighted by molar-refractivity contribution is 7.75. The van der Waals surface area contributed by atoms with Crippen molar-refractivity contribution in [3.05, 3.63) is 54.1 Å². The van der Waals surface area contributed by atoms with Crippen LogP contribution in [-0.4, -0.2) is 7.11 Å². The van der Waals surface area contributed by atoms with E-state index in [-0.39, 0.29) is 7.93 Å². The number of hydrogen-bond donors (Lipinski definition) is 0. The highest BCUT2D eigenvalue weighted by atomic mass is 35.7. The van der Waals surface area contributed by atoms with Gasteiger partial charge in [0.2, 0.25) is 0 Å². The molecule has 2 rings (SSSR count). The zero-order valence-corrected chi connectivity index (χ0v) is 11.8. The van der Waals surface area contributed by atoms with Crippen LogP contribution in [0.4, 0.5) is 0 Å². The van der Waals surface area contributed by atoms with Gasteiger partial charge >= 0.3 is 0 Å². The largest absolute Gasteiger partial charge is 0.493 e. The van der Waals surface area contributed by atoms with Gasteiger partial charge in [-0.05, 0) is 17.7 Å². The predicted molar refractivity (Wildman–Crippen MR) is 77.6 cm³/mol. The van der Waals surface area contributed by atoms with Crippen LogP contribution in [0.3, 0.4) is 0 Å². The second-order valence-corrected chi connectivity index (χ2v) is 5.00. The van der Waals surface area contributed by atoms with E-state index in [2.05, 4.69) is 0 Å². The Bertz CT molecular complexity index is 480. The molecular weight excluding hydrogens is 267 g/mol. The van der Waals surface area contributed by atoms with Crippen molar-refractivity contribution < 1.29 is 9.47 Å². The third-order valence-electron chi connectivity index (χ3n) is 2.53. The first-order chi connectivity index (χ1) is 8.85. The first-order valence-corrected chi connectivity index (χ1v) is 7.56. The van der Waals surface area contributed by atoms with Crippen molar-refractivity contribution in [2.75, 3.05) is 7.11 Å². The van der Waals surface area contributed by atoms with Crippen molar-refractivity contribution in [1.29, 1.82) is 0 Å². The minimum atomic E-state index is 0.163. The number of methoxy groups -OCH3 is 1. The summed E-state index contributed by atoms with van der Waals surface area (Å²) in [5, 5.41) is 0.965. The molecule has 0 saturated carbocycles. The minimum absolute atomic E-state index is 0.163. The van der Waals surface area contributed by atoms with Gasteiger partial charge in [0.15, 0.2) is 11.5 Å². The Hall–Kier alpha value is -1.24. The lowest BCUT2D eigenvalue weighted by Crippen LogP contribution is -2.05. The fourth-order valence-electron chi connectivity index (χ4n) is 1.63. The molecule has 4 heteroatoms. The van der Waals surface area contributed by atoms with Crippen LogP contribution in [0.15, 0.2) is 48.5 Å². The lowest BCUT2D eigenvalue weighted by Gasteiger charge is -2.13. The summed E-state index contributed by atoms with van der Waals surface area (Å²) >= 11 is 5.93. The van der Waals surface area contributed by atoms with Crippen LogP contribution in [0.5, 0.6) is 11.5 Å². The Morgan fingerprint density at radius 3 is 2.50 bits per heavy atom. The molecule has 2 aromatic rings. The van der Waals surface area contributed by atoms with Crippen LogP contribution in [-0.2, 0) is 6.61 Å². The summed E-state index contributed by atoms with van der Waals surface area (Å²) in [4.78, 5) is 0. The van der Waals surface area contributed by atoms with Gasteiger partial charge in [0.1, 0.15) is 6.61 Å². The molecule has 0 bridgehead atoms. The molecule has 0 aliphatic carbocycles. The SMILES string of the molecule is COc1cccc(PCl)c1OCc1ccccc1. The van der Waals surface area contributed by atoms with Gasteiger partial charge in [0.25, 0.3) is 0 Å². The fraction of sp³-hybridized carbons (Fsp3) is 0.143. The van der Waals surface area contributed by atoms with Gasteiger partial charge in [-0.2, -0.15) is 0 Å². The first kappa shape index (κ1) is 13.2. The van der Waals surface area contributed by atoms with E-state index in [1.165, 1.54) is 0 Å². The van der Waals surface area contributed by atoms with Crippen molar-refractivity contribution in [2.45, 2.75) is 6.61 Å². The summed E-state index contributed by atoms with van der Waals surface area (Å²) in [5.41, 5.74) is 1.12. The van der Waals surface area contributed by atoms with E-state index >= 15 is 0 Å². The second-order valence-electron chi connectivity index (χ2n) is 3.71. The molecule has 0 N–H and O–H groups in total. The Morgan fingerprint density at radius 2 is 1.83 bits per heavy atom. The number of ether oxygens (including phenoxy) is 2. The molecule has 0 aliphatic rings. The van der Waals surface area contributed by atoms with E-state index in [0.29, 0.717) is 6.61 Å². The molecule has 1 atom stereocenters. The Balaban J connectivity index is 2.17. The normalized spacial score (nSPS) is 10.8. The van der Waals surface area contributed by atoms with Crippen molar-refractivity contribution in [1.82, 2.24) is 0 Å². The fourth-order valence-corrected chi connectivity index (χ4v) is 2.52.